The summed E-state index contributed by atoms with van der Waals surface area (Å²) < 4.78 is 60.2. The standard InChI is InChI=1S/C68H92O6P2/c1-21-45-37-51(65(9,10)11)41-61(57(45)25-5)71-75(69,72-62-42-52(66(12,13)14)38-46(22-2)58(62)26-6)55-33-29-49(30-34-55)50-31-35-56(36-32-50)76(70,73-63-43-53(67(15,16)17)39-47(23-3)59(63)27-7)74-64-44-54(68(18,19)20)40-48(24-4)60(64)28-8/h29-44H,21-28H2,1-20H3. The van der Waals surface area contributed by atoms with Crippen molar-refractivity contribution >= 4 is 25.8 Å². The van der Waals surface area contributed by atoms with Gasteiger partial charge in [-0.05, 0) is 199 Å². The lowest BCUT2D eigenvalue weighted by Crippen LogP contribution is -2.19. The highest BCUT2D eigenvalue weighted by Crippen LogP contribution is 2.54. The van der Waals surface area contributed by atoms with E-state index in [-0.39, 0.29) is 21.7 Å². The Kier molecular flexibility index (Phi) is 18.6. The van der Waals surface area contributed by atoms with Crippen LogP contribution in [0.15, 0.2) is 97.1 Å². The average Bonchev–Trinajstić information content (AvgIpc) is 3.36. The first-order valence-electron chi connectivity index (χ1n) is 28.4. The van der Waals surface area contributed by atoms with Gasteiger partial charge in [0.25, 0.3) is 0 Å². The van der Waals surface area contributed by atoms with Crippen LogP contribution in [0.1, 0.15) is 205 Å². The number of aryl methyl sites for hydroxylation is 4. The van der Waals surface area contributed by atoms with Gasteiger partial charge in [0.05, 0.1) is 10.6 Å². The molecule has 0 aliphatic heterocycles. The zero-order chi connectivity index (χ0) is 56.3. The van der Waals surface area contributed by atoms with E-state index in [2.05, 4.69) is 187 Å². The molecule has 76 heavy (non-hydrogen) atoms. The van der Waals surface area contributed by atoms with E-state index in [0.717, 1.165) is 81.3 Å². The SMILES string of the molecule is CCc1cc(C(C)(C)C)cc(OP(=O)(Oc2cc(C(C)(C)C)cc(CC)c2CC)c2ccc(-c3ccc(P(=O)(Oc4cc(C(C)(C)C)cc(CC)c4CC)Oc4cc(C(C)(C)C)cc(CC)c4CC)cc3)cc2)c1CC. The van der Waals surface area contributed by atoms with Crippen LogP contribution in [0.25, 0.3) is 11.1 Å². The Morgan fingerprint density at radius 3 is 0.658 bits per heavy atom. The quantitative estimate of drug-likeness (QED) is 0.0753. The first kappa shape index (κ1) is 60.2. The van der Waals surface area contributed by atoms with Gasteiger partial charge < -0.3 is 18.1 Å². The highest BCUT2D eigenvalue weighted by atomic mass is 31.2. The third-order valence-corrected chi connectivity index (χ3v) is 18.8. The predicted octanol–water partition coefficient (Wildman–Crippen LogP) is 19.0. The van der Waals surface area contributed by atoms with Crippen molar-refractivity contribution in [1.29, 1.82) is 0 Å². The summed E-state index contributed by atoms with van der Waals surface area (Å²) in [5.74, 6) is 2.37. The van der Waals surface area contributed by atoms with Gasteiger partial charge in [-0.3, -0.25) is 0 Å². The summed E-state index contributed by atoms with van der Waals surface area (Å²) in [6.45, 7) is 43.5. The molecular formula is C68H92O6P2. The van der Waals surface area contributed by atoms with E-state index in [4.69, 9.17) is 18.1 Å². The molecule has 0 atom stereocenters. The summed E-state index contributed by atoms with van der Waals surface area (Å²) in [4.78, 5) is 0. The van der Waals surface area contributed by atoms with Crippen molar-refractivity contribution in [3.63, 3.8) is 0 Å². The van der Waals surface area contributed by atoms with Gasteiger partial charge in [-0.25, -0.2) is 9.13 Å². The Morgan fingerprint density at radius 1 is 0.303 bits per heavy atom. The minimum Gasteiger partial charge on any atom is -0.412 e. The van der Waals surface area contributed by atoms with Gasteiger partial charge in [-0.2, -0.15) is 0 Å². The number of rotatable bonds is 19. The smallest absolute Gasteiger partial charge is 0.412 e. The number of hydrogen-bond acceptors (Lipinski definition) is 6. The van der Waals surface area contributed by atoms with Crippen molar-refractivity contribution in [3.05, 3.63) is 164 Å². The molecule has 0 amide bonds. The maximum absolute atomic E-state index is 16.1. The van der Waals surface area contributed by atoms with Crippen molar-refractivity contribution in [2.45, 2.75) is 212 Å². The van der Waals surface area contributed by atoms with Crippen LogP contribution >= 0.6 is 15.2 Å². The van der Waals surface area contributed by atoms with Crippen LogP contribution in [-0.2, 0) is 82.2 Å². The minimum absolute atomic E-state index is 0.169. The second kappa shape index (κ2) is 23.5. The van der Waals surface area contributed by atoms with E-state index in [1.54, 1.807) is 0 Å². The van der Waals surface area contributed by atoms with Crippen molar-refractivity contribution in [1.82, 2.24) is 0 Å². The predicted molar refractivity (Wildman–Crippen MR) is 324 cm³/mol. The van der Waals surface area contributed by atoms with E-state index < -0.39 is 15.2 Å². The molecule has 0 bridgehead atoms. The Morgan fingerprint density at radius 2 is 0.500 bits per heavy atom. The molecule has 6 aromatic carbocycles. The Labute approximate surface area is 460 Å². The normalized spacial score (nSPS) is 12.7. The van der Waals surface area contributed by atoms with Crippen LogP contribution in [0.3, 0.4) is 0 Å². The largest absolute Gasteiger partial charge is 0.462 e. The summed E-state index contributed by atoms with van der Waals surface area (Å²) in [6, 6.07) is 32.8. The summed E-state index contributed by atoms with van der Waals surface area (Å²) in [7, 11) is -8.27. The van der Waals surface area contributed by atoms with Crippen LogP contribution < -0.4 is 28.7 Å². The second-order valence-corrected chi connectivity index (χ2v) is 28.5. The molecule has 6 aromatic rings. The summed E-state index contributed by atoms with van der Waals surface area (Å²) in [5, 5.41) is 0.904. The van der Waals surface area contributed by atoms with Crippen molar-refractivity contribution in [2.75, 3.05) is 0 Å². The molecule has 6 rings (SSSR count). The Bertz CT molecular complexity index is 2730. The molecule has 6 nitrogen and oxygen atoms in total. The topological polar surface area (TPSA) is 71.1 Å². The van der Waals surface area contributed by atoms with E-state index in [1.165, 1.54) is 22.3 Å². The minimum atomic E-state index is -4.13. The molecule has 0 spiro atoms. The van der Waals surface area contributed by atoms with Gasteiger partial charge >= 0.3 is 15.2 Å². The van der Waals surface area contributed by atoms with Crippen molar-refractivity contribution in [2.24, 2.45) is 0 Å². The van der Waals surface area contributed by atoms with Crippen molar-refractivity contribution in [3.8, 4) is 34.1 Å². The van der Waals surface area contributed by atoms with Gasteiger partial charge in [-0.15, -0.1) is 0 Å². The fourth-order valence-electron chi connectivity index (χ4n) is 10.2. The molecule has 8 heteroatoms. The zero-order valence-corrected chi connectivity index (χ0v) is 52.0. The lowest BCUT2D eigenvalue weighted by molar-refractivity contribution is 0.392. The van der Waals surface area contributed by atoms with Crippen LogP contribution in [0.5, 0.6) is 23.0 Å². The van der Waals surface area contributed by atoms with Gasteiger partial charge in [0.15, 0.2) is 0 Å². The molecule has 0 heterocycles. The first-order valence-corrected chi connectivity index (χ1v) is 31.4. The van der Waals surface area contributed by atoms with E-state index >= 15 is 9.13 Å². The van der Waals surface area contributed by atoms with Crippen LogP contribution in [0, 0.1) is 0 Å². The third kappa shape index (κ3) is 13.3. The van der Waals surface area contributed by atoms with Crippen LogP contribution in [-0.4, -0.2) is 0 Å². The van der Waals surface area contributed by atoms with Gasteiger partial charge in [0.1, 0.15) is 23.0 Å². The molecule has 0 aliphatic rings. The van der Waals surface area contributed by atoms with Crippen molar-refractivity contribution < 1.29 is 27.2 Å². The fraction of sp³-hybridized carbons (Fsp3) is 0.471. The number of benzene rings is 6. The molecule has 0 aromatic heterocycles. The first-order chi connectivity index (χ1) is 35.5. The highest BCUT2D eigenvalue weighted by molar-refractivity contribution is 7.63. The van der Waals surface area contributed by atoms with Gasteiger partial charge in [0, 0.05) is 0 Å². The summed E-state index contributed by atoms with van der Waals surface area (Å²) >= 11 is 0. The van der Waals surface area contributed by atoms with Gasteiger partial charge in [-0.1, -0.05) is 187 Å². The molecule has 0 saturated carbocycles. The maximum Gasteiger partial charge on any atom is 0.462 e. The highest BCUT2D eigenvalue weighted by Gasteiger charge is 2.37. The van der Waals surface area contributed by atoms with E-state index in [9.17, 15) is 0 Å². The molecule has 0 unspecified atom stereocenters. The molecule has 0 radical (unpaired) electrons. The number of hydrogen-bond donors (Lipinski definition) is 0. The second-order valence-electron chi connectivity index (χ2n) is 24.7. The Balaban J connectivity index is 1.51. The Hall–Kier alpha value is -5.02. The van der Waals surface area contributed by atoms with E-state index in [1.807, 2.05) is 48.5 Å². The molecule has 0 aliphatic carbocycles. The molecule has 410 valence electrons. The zero-order valence-electron chi connectivity index (χ0n) is 50.2. The van der Waals surface area contributed by atoms with Crippen LogP contribution in [0.2, 0.25) is 0 Å². The lowest BCUT2D eigenvalue weighted by atomic mass is 9.84. The summed E-state index contributed by atoms with van der Waals surface area (Å²) in [6.07, 6.45) is 6.12. The molecular weight excluding hydrogens is 975 g/mol. The maximum atomic E-state index is 16.1. The molecule has 0 fully saturated rings. The monoisotopic (exact) mass is 1070 g/mol. The molecule has 0 N–H and O–H groups in total. The third-order valence-electron chi connectivity index (χ3n) is 15.2. The average molecular weight is 1070 g/mol. The van der Waals surface area contributed by atoms with Gasteiger partial charge in [0.2, 0.25) is 0 Å². The molecule has 0 saturated heterocycles. The van der Waals surface area contributed by atoms with Crippen LogP contribution in [0.4, 0.5) is 0 Å². The lowest BCUT2D eigenvalue weighted by Gasteiger charge is -2.28. The fourth-order valence-corrected chi connectivity index (χ4v) is 13.4. The summed E-state index contributed by atoms with van der Waals surface area (Å²) in [5.41, 5.74) is 14.4. The van der Waals surface area contributed by atoms with E-state index in [0.29, 0.717) is 59.3 Å².